The van der Waals surface area contributed by atoms with Crippen molar-refractivity contribution in [3.63, 3.8) is 0 Å². The Morgan fingerprint density at radius 2 is 1.81 bits per heavy atom. The topological polar surface area (TPSA) is 126 Å². The highest BCUT2D eigenvalue weighted by atomic mass is 32.2. The zero-order valence-corrected chi connectivity index (χ0v) is 21.2. The Morgan fingerprint density at radius 3 is 2.50 bits per heavy atom. The monoisotopic (exact) mass is 534 g/mol. The molecule has 1 atom stereocenters. The van der Waals surface area contributed by atoms with Crippen LogP contribution in [0.2, 0.25) is 0 Å². The van der Waals surface area contributed by atoms with Gasteiger partial charge >= 0.3 is 6.09 Å². The number of unbranched alkanes of at least 4 members (excludes halogenated alkanes) is 1. The SMILES string of the molecule is CS(=O)(=O)NCCCC[C@H](NC(=O)OCc1ccccc1)C(=O)Nc1nc(-c2ccc(F)cc2)cs1. The molecule has 0 spiro atoms. The van der Waals surface area contributed by atoms with Gasteiger partial charge in [-0.2, -0.15) is 0 Å². The van der Waals surface area contributed by atoms with Gasteiger partial charge in [0.05, 0.1) is 11.9 Å². The molecule has 3 aromatic rings. The number of amides is 2. The standard InChI is InChI=1S/C24H27FN4O5S2/c1-36(32,33)26-14-6-5-9-20(28-24(31)34-15-17-7-3-2-4-8-17)22(30)29-23-27-21(16-35-23)18-10-12-19(25)13-11-18/h2-4,7-8,10-13,16,20,26H,5-6,9,14-15H2,1H3,(H,28,31)(H,27,29,30)/t20-/m0/s1. The first-order chi connectivity index (χ1) is 17.2. The summed E-state index contributed by atoms with van der Waals surface area (Å²) in [6.45, 7) is 0.270. The molecule has 1 aromatic heterocycles. The van der Waals surface area contributed by atoms with Gasteiger partial charge in [0, 0.05) is 17.5 Å². The molecular formula is C24H27FN4O5S2. The lowest BCUT2D eigenvalue weighted by molar-refractivity contribution is -0.118. The van der Waals surface area contributed by atoms with E-state index in [1.165, 1.54) is 23.5 Å². The average molecular weight is 535 g/mol. The lowest BCUT2D eigenvalue weighted by Crippen LogP contribution is -2.44. The van der Waals surface area contributed by atoms with Crippen molar-refractivity contribution in [2.24, 2.45) is 0 Å². The van der Waals surface area contributed by atoms with Gasteiger partial charge in [0.2, 0.25) is 15.9 Å². The van der Waals surface area contributed by atoms with E-state index < -0.39 is 28.1 Å². The zero-order valence-electron chi connectivity index (χ0n) is 19.6. The van der Waals surface area contributed by atoms with E-state index in [0.717, 1.165) is 11.8 Å². The minimum Gasteiger partial charge on any atom is -0.445 e. The second-order valence-corrected chi connectivity index (χ2v) is 10.6. The molecule has 0 radical (unpaired) electrons. The van der Waals surface area contributed by atoms with Crippen LogP contribution in [0.4, 0.5) is 14.3 Å². The predicted molar refractivity (Wildman–Crippen MR) is 136 cm³/mol. The molecule has 12 heteroatoms. The number of anilines is 1. The van der Waals surface area contributed by atoms with Crippen LogP contribution in [-0.2, 0) is 26.2 Å². The molecule has 1 heterocycles. The summed E-state index contributed by atoms with van der Waals surface area (Å²) in [7, 11) is -3.30. The van der Waals surface area contributed by atoms with Gasteiger partial charge in [-0.15, -0.1) is 11.3 Å². The molecule has 192 valence electrons. The fourth-order valence-electron chi connectivity index (χ4n) is 3.18. The van der Waals surface area contributed by atoms with Gasteiger partial charge in [0.1, 0.15) is 18.5 Å². The summed E-state index contributed by atoms with van der Waals surface area (Å²) < 4.78 is 43.3. The Hall–Kier alpha value is -3.35. The molecule has 0 aliphatic carbocycles. The Labute approximate surface area is 213 Å². The maximum absolute atomic E-state index is 13.2. The number of hydrogen-bond donors (Lipinski definition) is 3. The van der Waals surface area contributed by atoms with Crippen molar-refractivity contribution in [3.05, 3.63) is 71.4 Å². The number of rotatable bonds is 12. The second-order valence-electron chi connectivity index (χ2n) is 7.95. The van der Waals surface area contributed by atoms with Crippen LogP contribution in [0, 0.1) is 5.82 Å². The highest BCUT2D eigenvalue weighted by Gasteiger charge is 2.22. The van der Waals surface area contributed by atoms with E-state index in [4.69, 9.17) is 4.74 Å². The van der Waals surface area contributed by atoms with Gasteiger partial charge in [0.25, 0.3) is 0 Å². The molecule has 0 fully saturated rings. The molecule has 0 saturated carbocycles. The average Bonchev–Trinajstić information content (AvgIpc) is 3.30. The Kier molecular flexibility index (Phi) is 9.91. The third-order valence-corrected chi connectivity index (χ3v) is 6.47. The number of aromatic nitrogens is 1. The van der Waals surface area contributed by atoms with Gasteiger partial charge in [-0.25, -0.2) is 27.3 Å². The lowest BCUT2D eigenvalue weighted by Gasteiger charge is -2.17. The summed E-state index contributed by atoms with van der Waals surface area (Å²) in [4.78, 5) is 29.7. The van der Waals surface area contributed by atoms with Gasteiger partial charge in [-0.1, -0.05) is 30.3 Å². The van der Waals surface area contributed by atoms with Crippen LogP contribution in [0.3, 0.4) is 0 Å². The third kappa shape index (κ3) is 9.36. The number of thiazole rings is 1. The molecule has 0 aliphatic heterocycles. The predicted octanol–water partition coefficient (Wildman–Crippen LogP) is 3.90. The maximum atomic E-state index is 13.2. The van der Waals surface area contributed by atoms with Crippen molar-refractivity contribution in [1.82, 2.24) is 15.0 Å². The van der Waals surface area contributed by atoms with Crippen molar-refractivity contribution >= 4 is 38.5 Å². The van der Waals surface area contributed by atoms with Gasteiger partial charge < -0.3 is 15.4 Å². The number of carbonyl (C=O) groups is 2. The van der Waals surface area contributed by atoms with Gasteiger partial charge in [0.15, 0.2) is 5.13 Å². The van der Waals surface area contributed by atoms with Crippen LogP contribution < -0.4 is 15.4 Å². The Morgan fingerprint density at radius 1 is 1.08 bits per heavy atom. The first kappa shape index (κ1) is 27.2. The highest BCUT2D eigenvalue weighted by molar-refractivity contribution is 7.88. The summed E-state index contributed by atoms with van der Waals surface area (Å²) >= 11 is 1.20. The fraction of sp³-hybridized carbons (Fsp3) is 0.292. The molecule has 0 aliphatic rings. The van der Waals surface area contributed by atoms with E-state index in [0.29, 0.717) is 29.2 Å². The first-order valence-electron chi connectivity index (χ1n) is 11.1. The van der Waals surface area contributed by atoms with Gasteiger partial charge in [-0.05, 0) is 49.1 Å². The Balaban J connectivity index is 1.60. The van der Waals surface area contributed by atoms with E-state index in [-0.39, 0.29) is 25.4 Å². The molecular weight excluding hydrogens is 507 g/mol. The number of alkyl carbamates (subject to hydrolysis) is 1. The van der Waals surface area contributed by atoms with Crippen LogP contribution in [0.15, 0.2) is 60.0 Å². The van der Waals surface area contributed by atoms with Crippen LogP contribution >= 0.6 is 11.3 Å². The van der Waals surface area contributed by atoms with Crippen molar-refractivity contribution in [2.75, 3.05) is 18.1 Å². The van der Waals surface area contributed by atoms with Gasteiger partial charge in [-0.3, -0.25) is 4.79 Å². The molecule has 3 N–H and O–H groups in total. The number of halogens is 1. The van der Waals surface area contributed by atoms with E-state index >= 15 is 0 Å². The van der Waals surface area contributed by atoms with Crippen LogP contribution in [-0.4, -0.2) is 44.2 Å². The van der Waals surface area contributed by atoms with Crippen molar-refractivity contribution in [2.45, 2.75) is 31.9 Å². The van der Waals surface area contributed by atoms with Crippen LogP contribution in [0.1, 0.15) is 24.8 Å². The van der Waals surface area contributed by atoms with E-state index in [1.807, 2.05) is 30.3 Å². The highest BCUT2D eigenvalue weighted by Crippen LogP contribution is 2.25. The normalized spacial score (nSPS) is 12.1. The fourth-order valence-corrected chi connectivity index (χ4v) is 4.42. The molecule has 0 unspecified atom stereocenters. The van der Waals surface area contributed by atoms with Crippen molar-refractivity contribution in [3.8, 4) is 11.3 Å². The number of benzene rings is 2. The van der Waals surface area contributed by atoms with E-state index in [1.54, 1.807) is 17.5 Å². The van der Waals surface area contributed by atoms with Crippen molar-refractivity contribution in [1.29, 1.82) is 0 Å². The van der Waals surface area contributed by atoms with Crippen LogP contribution in [0.25, 0.3) is 11.3 Å². The number of nitrogens with zero attached hydrogens (tertiary/aromatic N) is 1. The Bertz CT molecular complexity index is 1250. The maximum Gasteiger partial charge on any atom is 0.408 e. The van der Waals surface area contributed by atoms with Crippen LogP contribution in [0.5, 0.6) is 0 Å². The summed E-state index contributed by atoms with van der Waals surface area (Å²) in [6.07, 6.45) is 1.52. The molecule has 2 amide bonds. The molecule has 9 nitrogen and oxygen atoms in total. The smallest absolute Gasteiger partial charge is 0.408 e. The quantitative estimate of drug-likeness (QED) is 0.303. The minimum absolute atomic E-state index is 0.0484. The largest absolute Gasteiger partial charge is 0.445 e. The molecule has 0 saturated heterocycles. The molecule has 3 rings (SSSR count). The minimum atomic E-state index is -3.30. The second kappa shape index (κ2) is 13.1. The first-order valence-corrected chi connectivity index (χ1v) is 13.9. The van der Waals surface area contributed by atoms with Crippen molar-refractivity contribution < 1.29 is 27.1 Å². The zero-order chi connectivity index (χ0) is 26.0. The summed E-state index contributed by atoms with van der Waals surface area (Å²) in [5, 5.41) is 7.34. The number of hydrogen-bond acceptors (Lipinski definition) is 7. The summed E-state index contributed by atoms with van der Waals surface area (Å²) in [6, 6.07) is 14.0. The summed E-state index contributed by atoms with van der Waals surface area (Å²) in [5.74, 6) is -0.843. The van der Waals surface area contributed by atoms with E-state index in [9.17, 15) is 22.4 Å². The molecule has 2 aromatic carbocycles. The number of nitrogens with one attached hydrogen (secondary N) is 3. The number of sulfonamides is 1. The third-order valence-electron chi connectivity index (χ3n) is 4.98. The number of ether oxygens (including phenoxy) is 1. The lowest BCUT2D eigenvalue weighted by atomic mass is 10.1. The molecule has 36 heavy (non-hydrogen) atoms. The number of carbonyl (C=O) groups excluding carboxylic acids is 2. The summed E-state index contributed by atoms with van der Waals surface area (Å²) in [5.41, 5.74) is 2.08. The molecule has 0 bridgehead atoms. The van der Waals surface area contributed by atoms with E-state index in [2.05, 4.69) is 20.3 Å².